The zero-order valence-corrected chi connectivity index (χ0v) is 27.1. The molecule has 6 aromatic carbocycles. The first-order valence-electron chi connectivity index (χ1n) is 16.7. The first-order chi connectivity index (χ1) is 24.8. The molecule has 9 rings (SSSR count). The summed E-state index contributed by atoms with van der Waals surface area (Å²) in [6, 6.07) is 62.5. The number of pyridine rings is 2. The van der Waals surface area contributed by atoms with Crippen LogP contribution in [0.3, 0.4) is 0 Å². The van der Waals surface area contributed by atoms with Crippen LogP contribution in [0.5, 0.6) is 0 Å². The Labute approximate surface area is 290 Å². The molecule has 0 aliphatic carbocycles. The second-order valence-electron chi connectivity index (χ2n) is 12.3. The van der Waals surface area contributed by atoms with Crippen molar-refractivity contribution in [3.63, 3.8) is 0 Å². The molecule has 0 bridgehead atoms. The molecule has 0 atom stereocenters. The number of rotatable bonds is 6. The van der Waals surface area contributed by atoms with Gasteiger partial charge in [-0.25, -0.2) is 19.9 Å². The smallest absolute Gasteiger partial charge is 0.161 e. The number of aromatic nitrogens is 4. The summed E-state index contributed by atoms with van der Waals surface area (Å²) in [5, 5.41) is 2.09. The van der Waals surface area contributed by atoms with E-state index in [9.17, 15) is 0 Å². The quantitative estimate of drug-likeness (QED) is 0.170. The van der Waals surface area contributed by atoms with Crippen LogP contribution >= 0.6 is 0 Å². The van der Waals surface area contributed by atoms with Crippen molar-refractivity contribution in [2.75, 3.05) is 0 Å². The highest BCUT2D eigenvalue weighted by molar-refractivity contribution is 6.10. The van der Waals surface area contributed by atoms with E-state index in [1.165, 1.54) is 0 Å². The molecular weight excluding hydrogens is 609 g/mol. The molecule has 0 unspecified atom stereocenters. The summed E-state index contributed by atoms with van der Waals surface area (Å²) in [6.07, 6.45) is 0. The van der Waals surface area contributed by atoms with Crippen LogP contribution < -0.4 is 0 Å². The molecule has 0 N–H and O–H groups in total. The van der Waals surface area contributed by atoms with Crippen LogP contribution in [0.25, 0.3) is 89.4 Å². The maximum absolute atomic E-state index is 5.42. The van der Waals surface area contributed by atoms with E-state index in [1.807, 2.05) is 66.7 Å². The normalized spacial score (nSPS) is 11.2. The van der Waals surface area contributed by atoms with Crippen molar-refractivity contribution in [2.24, 2.45) is 0 Å². The standard InChI is InChI=1S/C46H30N4/c1-5-15-31(16-6-1)39-29-43(48-45-37(39)27-25-35-26-28-40(47-44(35)45)32-17-7-2-8-18-32)36-23-13-14-24-38(36)46-49-41(33-19-9-3-10-20-33)30-42(50-46)34-21-11-4-12-22-34/h1-30H. The maximum atomic E-state index is 5.42. The minimum atomic E-state index is 0.645. The van der Waals surface area contributed by atoms with Crippen LogP contribution in [0.15, 0.2) is 182 Å². The highest BCUT2D eigenvalue weighted by atomic mass is 14.9. The fourth-order valence-electron chi connectivity index (χ4n) is 6.62. The maximum Gasteiger partial charge on any atom is 0.161 e. The third-order valence-electron chi connectivity index (χ3n) is 9.10. The Morgan fingerprint density at radius 1 is 0.280 bits per heavy atom. The predicted octanol–water partition coefficient (Wildman–Crippen LogP) is 11.6. The molecule has 0 fully saturated rings. The summed E-state index contributed by atoms with van der Waals surface area (Å²) in [7, 11) is 0. The van der Waals surface area contributed by atoms with E-state index >= 15 is 0 Å². The molecule has 0 amide bonds. The number of fused-ring (bicyclic) bond motifs is 3. The van der Waals surface area contributed by atoms with Gasteiger partial charge in [0.2, 0.25) is 0 Å². The van der Waals surface area contributed by atoms with Crippen LogP contribution in [-0.2, 0) is 0 Å². The Morgan fingerprint density at radius 2 is 0.760 bits per heavy atom. The van der Waals surface area contributed by atoms with Crippen LogP contribution in [0.2, 0.25) is 0 Å². The fourth-order valence-corrected chi connectivity index (χ4v) is 6.62. The van der Waals surface area contributed by atoms with Gasteiger partial charge in [-0.1, -0.05) is 164 Å². The van der Waals surface area contributed by atoms with E-state index < -0.39 is 0 Å². The summed E-state index contributed by atoms with van der Waals surface area (Å²) < 4.78 is 0. The third kappa shape index (κ3) is 5.49. The van der Waals surface area contributed by atoms with Crippen molar-refractivity contribution in [1.82, 2.24) is 19.9 Å². The summed E-state index contributed by atoms with van der Waals surface area (Å²) in [5.41, 5.74) is 12.4. The van der Waals surface area contributed by atoms with E-state index in [0.29, 0.717) is 5.82 Å². The average molecular weight is 639 g/mol. The Kier molecular flexibility index (Phi) is 7.45. The van der Waals surface area contributed by atoms with Crippen molar-refractivity contribution in [3.05, 3.63) is 182 Å². The van der Waals surface area contributed by atoms with E-state index in [-0.39, 0.29) is 0 Å². The molecule has 0 saturated carbocycles. The van der Waals surface area contributed by atoms with E-state index in [4.69, 9.17) is 19.9 Å². The lowest BCUT2D eigenvalue weighted by Gasteiger charge is -2.15. The Balaban J connectivity index is 1.30. The molecule has 0 radical (unpaired) electrons. The van der Waals surface area contributed by atoms with Gasteiger partial charge in [-0.05, 0) is 29.3 Å². The van der Waals surface area contributed by atoms with Gasteiger partial charge < -0.3 is 0 Å². The van der Waals surface area contributed by atoms with E-state index in [1.54, 1.807) is 0 Å². The SMILES string of the molecule is c1ccc(-c2cc(-c3ccccc3)nc(-c3ccccc3-c3cc(-c4ccccc4)c4ccc5ccc(-c6ccccc6)nc5c4n3)n2)cc1. The number of benzene rings is 6. The zero-order valence-electron chi connectivity index (χ0n) is 27.1. The molecule has 3 aromatic heterocycles. The van der Waals surface area contributed by atoms with Gasteiger partial charge in [0.25, 0.3) is 0 Å². The van der Waals surface area contributed by atoms with Crippen molar-refractivity contribution in [1.29, 1.82) is 0 Å². The third-order valence-corrected chi connectivity index (χ3v) is 9.10. The van der Waals surface area contributed by atoms with Crippen LogP contribution in [0, 0.1) is 0 Å². The molecule has 0 aliphatic rings. The van der Waals surface area contributed by atoms with Gasteiger partial charge in [-0.3, -0.25) is 0 Å². The van der Waals surface area contributed by atoms with Crippen molar-refractivity contribution >= 4 is 21.8 Å². The number of hydrogen-bond acceptors (Lipinski definition) is 4. The lowest BCUT2D eigenvalue weighted by Crippen LogP contribution is -1.99. The average Bonchev–Trinajstić information content (AvgIpc) is 3.21. The lowest BCUT2D eigenvalue weighted by molar-refractivity contribution is 1.18. The molecule has 4 heteroatoms. The highest BCUT2D eigenvalue weighted by Crippen LogP contribution is 2.39. The second kappa shape index (κ2) is 12.7. The minimum absolute atomic E-state index is 0.645. The molecule has 0 saturated heterocycles. The summed E-state index contributed by atoms with van der Waals surface area (Å²) in [5.74, 6) is 0.645. The molecule has 4 nitrogen and oxygen atoms in total. The van der Waals surface area contributed by atoms with Gasteiger partial charge in [-0.2, -0.15) is 0 Å². The first-order valence-corrected chi connectivity index (χ1v) is 16.7. The number of nitrogens with zero attached hydrogens (tertiary/aromatic N) is 4. The summed E-state index contributed by atoms with van der Waals surface area (Å²) in [6.45, 7) is 0. The number of hydrogen-bond donors (Lipinski definition) is 0. The monoisotopic (exact) mass is 638 g/mol. The second-order valence-corrected chi connectivity index (χ2v) is 12.3. The molecule has 50 heavy (non-hydrogen) atoms. The highest BCUT2D eigenvalue weighted by Gasteiger charge is 2.18. The van der Waals surface area contributed by atoms with E-state index in [2.05, 4.69) is 115 Å². The summed E-state index contributed by atoms with van der Waals surface area (Å²) >= 11 is 0. The topological polar surface area (TPSA) is 51.6 Å². The van der Waals surface area contributed by atoms with Gasteiger partial charge in [0.15, 0.2) is 5.82 Å². The lowest BCUT2D eigenvalue weighted by atomic mass is 9.95. The minimum Gasteiger partial charge on any atom is -0.245 e. The van der Waals surface area contributed by atoms with Gasteiger partial charge in [0.1, 0.15) is 0 Å². The van der Waals surface area contributed by atoms with Crippen LogP contribution in [-0.4, -0.2) is 19.9 Å². The molecule has 0 spiro atoms. The first kappa shape index (κ1) is 29.4. The van der Waals surface area contributed by atoms with Gasteiger partial charge in [0.05, 0.1) is 33.8 Å². The summed E-state index contributed by atoms with van der Waals surface area (Å²) in [4.78, 5) is 21.0. The van der Waals surface area contributed by atoms with Crippen LogP contribution in [0.4, 0.5) is 0 Å². The molecule has 3 heterocycles. The zero-order chi connectivity index (χ0) is 33.3. The molecular formula is C46H30N4. The largest absolute Gasteiger partial charge is 0.245 e. The molecule has 234 valence electrons. The van der Waals surface area contributed by atoms with Gasteiger partial charge in [0, 0.05) is 38.6 Å². The van der Waals surface area contributed by atoms with E-state index in [0.717, 1.165) is 83.5 Å². The van der Waals surface area contributed by atoms with Gasteiger partial charge >= 0.3 is 0 Å². The Morgan fingerprint density at radius 3 is 1.36 bits per heavy atom. The predicted molar refractivity (Wildman–Crippen MR) is 205 cm³/mol. The Hall–Kier alpha value is -6.78. The van der Waals surface area contributed by atoms with Crippen LogP contribution in [0.1, 0.15) is 0 Å². The molecule has 0 aliphatic heterocycles. The van der Waals surface area contributed by atoms with Gasteiger partial charge in [-0.15, -0.1) is 0 Å². The molecule has 9 aromatic rings. The van der Waals surface area contributed by atoms with Crippen molar-refractivity contribution in [3.8, 4) is 67.5 Å². The van der Waals surface area contributed by atoms with Crippen molar-refractivity contribution in [2.45, 2.75) is 0 Å². The Bertz CT molecular complexity index is 2560. The van der Waals surface area contributed by atoms with Crippen molar-refractivity contribution < 1.29 is 0 Å². The fraction of sp³-hybridized carbons (Fsp3) is 0.